The zero-order valence-electron chi connectivity index (χ0n) is 11.5. The summed E-state index contributed by atoms with van der Waals surface area (Å²) in [5, 5.41) is 3.29. The number of rotatable bonds is 2. The van der Waals surface area contributed by atoms with Crippen molar-refractivity contribution >= 4 is 27.5 Å². The number of ether oxygens (including phenoxy) is 1. The fourth-order valence-electron chi connectivity index (χ4n) is 2.57. The lowest BCUT2D eigenvalue weighted by Crippen LogP contribution is -2.37. The summed E-state index contributed by atoms with van der Waals surface area (Å²) < 4.78 is 5.38. The van der Waals surface area contributed by atoms with Crippen molar-refractivity contribution in [3.8, 4) is 11.1 Å². The Kier molecular flexibility index (Phi) is 3.29. The van der Waals surface area contributed by atoms with Crippen LogP contribution in [-0.4, -0.2) is 36.3 Å². The van der Waals surface area contributed by atoms with Gasteiger partial charge in [0.25, 0.3) is 0 Å². The van der Waals surface area contributed by atoms with Crippen LogP contribution in [0.25, 0.3) is 21.3 Å². The first-order valence-corrected chi connectivity index (χ1v) is 7.92. The van der Waals surface area contributed by atoms with Crippen molar-refractivity contribution < 1.29 is 4.74 Å². The molecule has 106 valence electrons. The molecule has 3 aromatic rings. The topological polar surface area (TPSA) is 38.2 Å². The Balaban J connectivity index is 1.74. The van der Waals surface area contributed by atoms with Crippen LogP contribution in [-0.2, 0) is 4.74 Å². The monoisotopic (exact) mass is 297 g/mol. The fourth-order valence-corrected chi connectivity index (χ4v) is 3.48. The Bertz CT molecular complexity index is 751. The number of nitrogens with zero attached hydrogens (tertiary/aromatic N) is 3. The molecular weight excluding hydrogens is 282 g/mol. The average Bonchev–Trinajstić information content (AvgIpc) is 2.99. The lowest BCUT2D eigenvalue weighted by atomic mass is 10.1. The van der Waals surface area contributed by atoms with Gasteiger partial charge in [-0.05, 0) is 5.56 Å². The summed E-state index contributed by atoms with van der Waals surface area (Å²) in [6, 6.07) is 10.4. The van der Waals surface area contributed by atoms with Gasteiger partial charge in [-0.2, -0.15) is 0 Å². The zero-order chi connectivity index (χ0) is 14.1. The molecule has 0 aliphatic carbocycles. The normalized spacial score (nSPS) is 15.5. The second kappa shape index (κ2) is 5.42. The van der Waals surface area contributed by atoms with Crippen molar-refractivity contribution in [2.24, 2.45) is 0 Å². The molecule has 1 aliphatic heterocycles. The van der Waals surface area contributed by atoms with Crippen molar-refractivity contribution in [2.75, 3.05) is 31.2 Å². The molecule has 1 aromatic carbocycles. The lowest BCUT2D eigenvalue weighted by molar-refractivity contribution is 0.122. The van der Waals surface area contributed by atoms with Crippen molar-refractivity contribution in [2.45, 2.75) is 0 Å². The summed E-state index contributed by atoms with van der Waals surface area (Å²) in [6.07, 6.45) is 1.95. The summed E-state index contributed by atoms with van der Waals surface area (Å²) in [4.78, 5) is 12.5. The van der Waals surface area contributed by atoms with Gasteiger partial charge >= 0.3 is 0 Å². The van der Waals surface area contributed by atoms with Gasteiger partial charge < -0.3 is 9.64 Å². The molecule has 5 heteroatoms. The maximum Gasteiger partial charge on any atom is 0.226 e. The first-order valence-electron chi connectivity index (χ1n) is 7.04. The van der Waals surface area contributed by atoms with Gasteiger partial charge in [0.15, 0.2) is 0 Å². The van der Waals surface area contributed by atoms with Crippen LogP contribution in [0.1, 0.15) is 0 Å². The quantitative estimate of drug-likeness (QED) is 0.728. The second-order valence-corrected chi connectivity index (χ2v) is 5.86. The molecule has 0 amide bonds. The summed E-state index contributed by atoms with van der Waals surface area (Å²) >= 11 is 1.68. The van der Waals surface area contributed by atoms with Gasteiger partial charge in [-0.1, -0.05) is 30.3 Å². The van der Waals surface area contributed by atoms with Gasteiger partial charge in [0.2, 0.25) is 5.95 Å². The Hall–Kier alpha value is -1.98. The Morgan fingerprint density at radius 3 is 2.71 bits per heavy atom. The highest BCUT2D eigenvalue weighted by molar-refractivity contribution is 7.17. The number of hydrogen-bond acceptors (Lipinski definition) is 5. The van der Waals surface area contributed by atoms with E-state index in [-0.39, 0.29) is 0 Å². The SMILES string of the molecule is c1ccc(-c2csc3nc(N4CCOCC4)ncc23)cc1. The van der Waals surface area contributed by atoms with Gasteiger partial charge in [0.05, 0.1) is 13.2 Å². The third-order valence-corrected chi connectivity index (χ3v) is 4.59. The first-order chi connectivity index (χ1) is 10.4. The summed E-state index contributed by atoms with van der Waals surface area (Å²) in [7, 11) is 0. The molecule has 0 spiro atoms. The number of aromatic nitrogens is 2. The molecule has 1 saturated heterocycles. The largest absolute Gasteiger partial charge is 0.378 e. The summed E-state index contributed by atoms with van der Waals surface area (Å²) in [5.74, 6) is 0.812. The van der Waals surface area contributed by atoms with E-state index in [9.17, 15) is 0 Å². The number of fused-ring (bicyclic) bond motifs is 1. The van der Waals surface area contributed by atoms with Crippen LogP contribution in [0, 0.1) is 0 Å². The van der Waals surface area contributed by atoms with Crippen molar-refractivity contribution in [3.63, 3.8) is 0 Å². The zero-order valence-corrected chi connectivity index (χ0v) is 12.3. The lowest BCUT2D eigenvalue weighted by Gasteiger charge is -2.26. The Morgan fingerprint density at radius 1 is 1.10 bits per heavy atom. The number of thiophene rings is 1. The highest BCUT2D eigenvalue weighted by Gasteiger charge is 2.15. The van der Waals surface area contributed by atoms with Crippen LogP contribution in [0.15, 0.2) is 41.9 Å². The molecule has 1 fully saturated rings. The van der Waals surface area contributed by atoms with Crippen LogP contribution < -0.4 is 4.90 Å². The van der Waals surface area contributed by atoms with E-state index in [0.29, 0.717) is 0 Å². The molecule has 1 aliphatic rings. The highest BCUT2D eigenvalue weighted by atomic mass is 32.1. The molecule has 4 nitrogen and oxygen atoms in total. The minimum absolute atomic E-state index is 0.751. The minimum Gasteiger partial charge on any atom is -0.378 e. The van der Waals surface area contributed by atoms with E-state index >= 15 is 0 Å². The predicted octanol–water partition coefficient (Wildman–Crippen LogP) is 3.19. The fraction of sp³-hybridized carbons (Fsp3) is 0.250. The van der Waals surface area contributed by atoms with Gasteiger partial charge in [0, 0.05) is 35.6 Å². The van der Waals surface area contributed by atoms with Crippen molar-refractivity contribution in [3.05, 3.63) is 41.9 Å². The van der Waals surface area contributed by atoms with Gasteiger partial charge in [-0.25, -0.2) is 9.97 Å². The van der Waals surface area contributed by atoms with E-state index in [1.807, 2.05) is 12.3 Å². The highest BCUT2D eigenvalue weighted by Crippen LogP contribution is 2.33. The molecule has 0 unspecified atom stereocenters. The van der Waals surface area contributed by atoms with Crippen molar-refractivity contribution in [1.82, 2.24) is 9.97 Å². The summed E-state index contributed by atoms with van der Waals surface area (Å²) in [5.41, 5.74) is 2.43. The third-order valence-electron chi connectivity index (χ3n) is 3.70. The van der Waals surface area contributed by atoms with Gasteiger partial charge in [0.1, 0.15) is 4.83 Å². The standard InChI is InChI=1S/C16H15N3OS/c1-2-4-12(5-3-1)14-11-21-15-13(14)10-17-16(18-15)19-6-8-20-9-7-19/h1-5,10-11H,6-9H2. The number of morpholine rings is 1. The van der Waals surface area contributed by atoms with E-state index in [0.717, 1.165) is 42.5 Å². The van der Waals surface area contributed by atoms with Crippen LogP contribution >= 0.6 is 11.3 Å². The molecule has 3 heterocycles. The number of anilines is 1. The van der Waals surface area contributed by atoms with Crippen LogP contribution in [0.2, 0.25) is 0 Å². The van der Waals surface area contributed by atoms with Crippen LogP contribution in [0.4, 0.5) is 5.95 Å². The molecule has 0 radical (unpaired) electrons. The first kappa shape index (κ1) is 12.7. The Labute approximate surface area is 127 Å². The third kappa shape index (κ3) is 2.39. The molecule has 0 N–H and O–H groups in total. The maximum atomic E-state index is 5.38. The van der Waals surface area contributed by atoms with Gasteiger partial charge in [-0.15, -0.1) is 11.3 Å². The smallest absolute Gasteiger partial charge is 0.226 e. The molecule has 0 bridgehead atoms. The van der Waals surface area contributed by atoms with E-state index in [1.54, 1.807) is 11.3 Å². The second-order valence-electron chi connectivity index (χ2n) is 5.00. The molecule has 0 atom stereocenters. The molecule has 4 rings (SSSR count). The van der Waals surface area contributed by atoms with E-state index in [1.165, 1.54) is 11.1 Å². The Morgan fingerprint density at radius 2 is 1.90 bits per heavy atom. The minimum atomic E-state index is 0.751. The molecular formula is C16H15N3OS. The van der Waals surface area contributed by atoms with Gasteiger partial charge in [-0.3, -0.25) is 0 Å². The molecule has 0 saturated carbocycles. The van der Waals surface area contributed by atoms with Crippen molar-refractivity contribution in [1.29, 1.82) is 0 Å². The average molecular weight is 297 g/mol. The van der Waals surface area contributed by atoms with E-state index in [4.69, 9.17) is 9.72 Å². The maximum absolute atomic E-state index is 5.38. The van der Waals surface area contributed by atoms with Crippen LogP contribution in [0.5, 0.6) is 0 Å². The number of hydrogen-bond donors (Lipinski definition) is 0. The van der Waals surface area contributed by atoms with Crippen LogP contribution in [0.3, 0.4) is 0 Å². The molecule has 2 aromatic heterocycles. The van der Waals surface area contributed by atoms with E-state index < -0.39 is 0 Å². The predicted molar refractivity (Wildman–Crippen MR) is 85.9 cm³/mol. The number of benzene rings is 1. The molecule has 21 heavy (non-hydrogen) atoms. The summed E-state index contributed by atoms with van der Waals surface area (Å²) in [6.45, 7) is 3.23. The van der Waals surface area contributed by atoms with E-state index in [2.05, 4.69) is 39.5 Å².